The van der Waals surface area contributed by atoms with Gasteiger partial charge in [-0.3, -0.25) is 4.79 Å². The highest BCUT2D eigenvalue weighted by Crippen LogP contribution is 2.32. The number of fused-ring (bicyclic) bond motifs is 2. The molecule has 4 rings (SSSR count). The molecule has 2 atom stereocenters. The van der Waals surface area contributed by atoms with Crippen LogP contribution in [0, 0.1) is 0 Å². The topological polar surface area (TPSA) is 68.7 Å². The maximum Gasteiger partial charge on any atom is 0.258 e. The van der Waals surface area contributed by atoms with E-state index in [9.17, 15) is 4.79 Å². The monoisotopic (exact) mass is 394 g/mol. The fraction of sp³-hybridized carbons (Fsp3) is 0.391. The molecule has 6 heteroatoms. The molecule has 3 aromatic rings. The predicted octanol–water partition coefficient (Wildman–Crippen LogP) is 2.42. The van der Waals surface area contributed by atoms with Gasteiger partial charge in [0.05, 0.1) is 30.7 Å². The van der Waals surface area contributed by atoms with Gasteiger partial charge >= 0.3 is 0 Å². The Bertz CT molecular complexity index is 1080. The molecular formula is C23H28N3O3+. The van der Waals surface area contributed by atoms with Crippen molar-refractivity contribution in [2.75, 3.05) is 19.8 Å². The van der Waals surface area contributed by atoms with Gasteiger partial charge in [-0.25, -0.2) is 4.98 Å². The van der Waals surface area contributed by atoms with E-state index in [0.717, 1.165) is 42.4 Å². The third-order valence-corrected chi connectivity index (χ3v) is 5.65. The minimum Gasteiger partial charge on any atom is -0.490 e. The normalized spacial score (nSPS) is 17.0. The zero-order valence-corrected chi connectivity index (χ0v) is 17.2. The number of hydrogen-bond acceptors (Lipinski definition) is 4. The molecular weight excluding hydrogens is 366 g/mol. The summed E-state index contributed by atoms with van der Waals surface area (Å²) in [5.74, 6) is 2.37. The maximum atomic E-state index is 12.5. The number of rotatable bonds is 6. The Hall–Kier alpha value is -2.86. The van der Waals surface area contributed by atoms with Crippen LogP contribution in [0.4, 0.5) is 0 Å². The molecule has 2 heterocycles. The van der Waals surface area contributed by atoms with Gasteiger partial charge in [-0.05, 0) is 50.6 Å². The summed E-state index contributed by atoms with van der Waals surface area (Å²) in [6.07, 6.45) is 0.958. The minimum absolute atomic E-state index is 0.0748. The van der Waals surface area contributed by atoms with E-state index in [1.54, 1.807) is 0 Å². The number of nitrogens with one attached hydrogen (secondary N) is 2. The lowest BCUT2D eigenvalue weighted by Crippen LogP contribution is -3.11. The number of nitrogens with zero attached hydrogens (tertiary/aromatic N) is 1. The first-order valence-corrected chi connectivity index (χ1v) is 10.4. The average Bonchev–Trinajstić information content (AvgIpc) is 2.73. The summed E-state index contributed by atoms with van der Waals surface area (Å²) >= 11 is 0. The van der Waals surface area contributed by atoms with Crippen LogP contribution < -0.4 is 19.9 Å². The van der Waals surface area contributed by atoms with Gasteiger partial charge in [0.15, 0.2) is 17.3 Å². The van der Waals surface area contributed by atoms with Crippen molar-refractivity contribution in [3.05, 3.63) is 63.7 Å². The molecule has 1 aromatic heterocycles. The van der Waals surface area contributed by atoms with Gasteiger partial charge in [-0.15, -0.1) is 0 Å². The van der Waals surface area contributed by atoms with Crippen LogP contribution in [0.3, 0.4) is 0 Å². The van der Waals surface area contributed by atoms with Gasteiger partial charge in [0.25, 0.3) is 5.56 Å². The predicted molar refractivity (Wildman–Crippen MR) is 113 cm³/mol. The Morgan fingerprint density at radius 3 is 2.52 bits per heavy atom. The smallest absolute Gasteiger partial charge is 0.258 e. The number of benzene rings is 2. The van der Waals surface area contributed by atoms with Crippen molar-refractivity contribution in [3.8, 4) is 11.5 Å². The molecule has 0 saturated carbocycles. The molecule has 0 spiro atoms. The Morgan fingerprint density at radius 1 is 1.10 bits per heavy atom. The molecule has 1 aliphatic rings. The summed E-state index contributed by atoms with van der Waals surface area (Å²) in [5.41, 5.74) is 3.25. The Kier molecular flexibility index (Phi) is 5.53. The van der Waals surface area contributed by atoms with Crippen molar-refractivity contribution >= 4 is 10.9 Å². The summed E-state index contributed by atoms with van der Waals surface area (Å²) in [6, 6.07) is 11.8. The quantitative estimate of drug-likeness (QED) is 0.674. The molecule has 0 bridgehead atoms. The van der Waals surface area contributed by atoms with E-state index < -0.39 is 0 Å². The molecule has 1 unspecified atom stereocenters. The molecule has 0 radical (unpaired) electrons. The van der Waals surface area contributed by atoms with Crippen molar-refractivity contribution in [2.24, 2.45) is 0 Å². The standard InChI is InChI=1S/C23H27N3O3/c1-4-28-20-12-16-10-11-26(14-17(16)13-21(20)29-5-2)15(3)22-24-19-9-7-6-8-18(19)23(27)25-22/h6-9,12-13,15H,4-5,10-11,14H2,1-3H3,(H,24,25,27)/p+1/t15-/m1/s1. The van der Waals surface area contributed by atoms with Crippen LogP contribution in [0.2, 0.25) is 0 Å². The van der Waals surface area contributed by atoms with Crippen molar-refractivity contribution in [1.82, 2.24) is 9.97 Å². The van der Waals surface area contributed by atoms with Gasteiger partial charge < -0.3 is 19.4 Å². The van der Waals surface area contributed by atoms with Crippen molar-refractivity contribution in [3.63, 3.8) is 0 Å². The SMILES string of the molecule is CCOc1cc2c(cc1OCC)C[NH+]([C@H](C)c1nc3ccccc3c(=O)[nH]1)CC2. The maximum absolute atomic E-state index is 12.5. The Balaban J connectivity index is 1.62. The first-order chi connectivity index (χ1) is 14.1. The van der Waals surface area contributed by atoms with Crippen LogP contribution in [0.15, 0.2) is 41.2 Å². The van der Waals surface area contributed by atoms with Gasteiger partial charge in [-0.1, -0.05) is 12.1 Å². The molecule has 0 aliphatic carbocycles. The van der Waals surface area contributed by atoms with Gasteiger partial charge in [0, 0.05) is 12.0 Å². The van der Waals surface area contributed by atoms with Crippen molar-refractivity contribution in [2.45, 2.75) is 39.8 Å². The van der Waals surface area contributed by atoms with Crippen LogP contribution in [-0.4, -0.2) is 29.7 Å². The lowest BCUT2D eigenvalue weighted by Gasteiger charge is -2.31. The van der Waals surface area contributed by atoms with Gasteiger partial charge in [-0.2, -0.15) is 0 Å². The number of quaternary nitrogens is 1. The lowest BCUT2D eigenvalue weighted by molar-refractivity contribution is -0.945. The molecule has 152 valence electrons. The molecule has 2 aromatic carbocycles. The van der Waals surface area contributed by atoms with E-state index in [4.69, 9.17) is 14.5 Å². The third-order valence-electron chi connectivity index (χ3n) is 5.65. The van der Waals surface area contributed by atoms with Crippen molar-refractivity contribution in [1.29, 1.82) is 0 Å². The van der Waals surface area contributed by atoms with E-state index >= 15 is 0 Å². The highest BCUT2D eigenvalue weighted by atomic mass is 16.5. The highest BCUT2D eigenvalue weighted by Gasteiger charge is 2.28. The second-order valence-electron chi connectivity index (χ2n) is 7.46. The number of ether oxygens (including phenoxy) is 2. The minimum atomic E-state index is -0.0748. The van der Waals surface area contributed by atoms with Crippen molar-refractivity contribution < 1.29 is 14.4 Å². The zero-order chi connectivity index (χ0) is 20.4. The van der Waals surface area contributed by atoms with Crippen LogP contribution >= 0.6 is 0 Å². The first-order valence-electron chi connectivity index (χ1n) is 10.4. The fourth-order valence-electron chi connectivity index (χ4n) is 4.08. The molecule has 29 heavy (non-hydrogen) atoms. The van der Waals surface area contributed by atoms with E-state index in [1.807, 2.05) is 38.1 Å². The van der Waals surface area contributed by atoms with Crippen LogP contribution in [0.5, 0.6) is 11.5 Å². The Labute approximate surface area is 170 Å². The molecule has 6 nitrogen and oxygen atoms in total. The summed E-state index contributed by atoms with van der Waals surface area (Å²) in [7, 11) is 0. The molecule has 1 aliphatic heterocycles. The molecule has 0 fully saturated rings. The zero-order valence-electron chi connectivity index (χ0n) is 17.2. The van der Waals surface area contributed by atoms with E-state index in [1.165, 1.54) is 16.0 Å². The fourth-order valence-corrected chi connectivity index (χ4v) is 4.08. The van der Waals surface area contributed by atoms with Gasteiger partial charge in [0.1, 0.15) is 12.6 Å². The number of H-pyrrole nitrogens is 1. The summed E-state index contributed by atoms with van der Waals surface area (Å²) < 4.78 is 11.6. The van der Waals surface area contributed by atoms with E-state index in [-0.39, 0.29) is 11.6 Å². The van der Waals surface area contributed by atoms with Crippen LogP contribution in [0.25, 0.3) is 10.9 Å². The molecule has 2 N–H and O–H groups in total. The highest BCUT2D eigenvalue weighted by molar-refractivity contribution is 5.77. The van der Waals surface area contributed by atoms with E-state index in [0.29, 0.717) is 18.6 Å². The largest absolute Gasteiger partial charge is 0.490 e. The van der Waals surface area contributed by atoms with E-state index in [2.05, 4.69) is 24.0 Å². The van der Waals surface area contributed by atoms with Gasteiger partial charge in [0.2, 0.25) is 0 Å². The second-order valence-corrected chi connectivity index (χ2v) is 7.46. The second kappa shape index (κ2) is 8.25. The number of aromatic amines is 1. The summed E-state index contributed by atoms with van der Waals surface area (Å²) in [4.78, 5) is 21.6. The Morgan fingerprint density at radius 2 is 1.79 bits per heavy atom. The summed E-state index contributed by atoms with van der Waals surface area (Å²) in [6.45, 7) is 9.16. The number of hydrogen-bond donors (Lipinski definition) is 2. The summed E-state index contributed by atoms with van der Waals surface area (Å²) in [5, 5.41) is 0.632. The molecule has 0 amide bonds. The molecule has 0 saturated heterocycles. The average molecular weight is 394 g/mol. The lowest BCUT2D eigenvalue weighted by atomic mass is 9.97. The van der Waals surface area contributed by atoms with Crippen LogP contribution in [-0.2, 0) is 13.0 Å². The van der Waals surface area contributed by atoms with Crippen LogP contribution in [0.1, 0.15) is 43.8 Å². The number of para-hydroxylation sites is 1. The number of aromatic nitrogens is 2. The first kappa shape index (κ1) is 19.5. The third kappa shape index (κ3) is 3.85.